The van der Waals surface area contributed by atoms with Gasteiger partial charge in [0, 0.05) is 4.90 Å². The minimum Gasteiger partial charge on any atom is -0.319 e. The van der Waals surface area contributed by atoms with E-state index in [4.69, 9.17) is 5.73 Å². The van der Waals surface area contributed by atoms with Gasteiger partial charge in [0.1, 0.15) is 0 Å². The van der Waals surface area contributed by atoms with Crippen LogP contribution in [0, 0.1) is 0 Å². The molecule has 0 unspecified atom stereocenters. The quantitative estimate of drug-likeness (QED) is 0.520. The molecule has 0 saturated heterocycles. The molecule has 0 spiro atoms. The van der Waals surface area contributed by atoms with Gasteiger partial charge in [-0.3, -0.25) is 0 Å². The second kappa shape index (κ2) is 3.64. The molecule has 1 aromatic rings. The van der Waals surface area contributed by atoms with E-state index < -0.39 is 0 Å². The van der Waals surface area contributed by atoms with Gasteiger partial charge in [-0.15, -0.1) is 11.8 Å². The Kier molecular flexibility index (Phi) is 2.78. The molecule has 2 N–H and O–H groups in total. The maximum absolute atomic E-state index is 5.59. The van der Waals surface area contributed by atoms with Crippen LogP contribution in [0.4, 0.5) is 0 Å². The molecule has 0 radical (unpaired) electrons. The molecular weight excluding hydrogens is 142 g/mol. The van der Waals surface area contributed by atoms with Gasteiger partial charge in [-0.1, -0.05) is 18.2 Å². The lowest BCUT2D eigenvalue weighted by Gasteiger charge is -2.02. The SMILES string of the molecule is C[C@@H](N)Sc1ccccc1. The van der Waals surface area contributed by atoms with Crippen molar-refractivity contribution in [2.24, 2.45) is 5.73 Å². The van der Waals surface area contributed by atoms with Crippen molar-refractivity contribution in [3.8, 4) is 0 Å². The first kappa shape index (κ1) is 7.63. The minimum atomic E-state index is 0.183. The molecule has 0 heterocycles. The van der Waals surface area contributed by atoms with Crippen LogP contribution in [0.2, 0.25) is 0 Å². The maximum Gasteiger partial charge on any atom is 0.0525 e. The molecular formula is C8H11NS. The molecule has 1 aromatic carbocycles. The predicted octanol–water partition coefficient (Wildman–Crippen LogP) is 2.08. The molecule has 0 fully saturated rings. The molecule has 54 valence electrons. The lowest BCUT2D eigenvalue weighted by Crippen LogP contribution is -2.08. The summed E-state index contributed by atoms with van der Waals surface area (Å²) < 4.78 is 0. The van der Waals surface area contributed by atoms with Gasteiger partial charge in [-0.25, -0.2) is 0 Å². The minimum absolute atomic E-state index is 0.183. The topological polar surface area (TPSA) is 26.0 Å². The Bertz CT molecular complexity index is 184. The van der Waals surface area contributed by atoms with Crippen LogP contribution in [-0.4, -0.2) is 5.37 Å². The lowest BCUT2D eigenvalue weighted by atomic mass is 10.4. The van der Waals surface area contributed by atoms with Gasteiger partial charge in [0.05, 0.1) is 5.37 Å². The Morgan fingerprint density at radius 1 is 1.30 bits per heavy atom. The molecule has 0 amide bonds. The van der Waals surface area contributed by atoms with E-state index in [1.807, 2.05) is 25.1 Å². The van der Waals surface area contributed by atoms with Crippen LogP contribution in [0.1, 0.15) is 6.92 Å². The highest BCUT2D eigenvalue weighted by atomic mass is 32.2. The van der Waals surface area contributed by atoms with E-state index in [-0.39, 0.29) is 5.37 Å². The molecule has 0 bridgehead atoms. The zero-order valence-electron chi connectivity index (χ0n) is 5.95. The van der Waals surface area contributed by atoms with E-state index in [1.165, 1.54) is 4.90 Å². The summed E-state index contributed by atoms with van der Waals surface area (Å²) in [7, 11) is 0. The summed E-state index contributed by atoms with van der Waals surface area (Å²) in [4.78, 5) is 1.23. The van der Waals surface area contributed by atoms with E-state index in [0.29, 0.717) is 0 Å². The van der Waals surface area contributed by atoms with Crippen LogP contribution >= 0.6 is 11.8 Å². The number of rotatable bonds is 2. The fraction of sp³-hybridized carbons (Fsp3) is 0.250. The van der Waals surface area contributed by atoms with Gasteiger partial charge in [0.15, 0.2) is 0 Å². The van der Waals surface area contributed by atoms with E-state index in [0.717, 1.165) is 0 Å². The van der Waals surface area contributed by atoms with Gasteiger partial charge in [0.2, 0.25) is 0 Å². The monoisotopic (exact) mass is 153 g/mol. The van der Waals surface area contributed by atoms with Gasteiger partial charge in [-0.2, -0.15) is 0 Å². The van der Waals surface area contributed by atoms with E-state index in [1.54, 1.807) is 11.8 Å². The summed E-state index contributed by atoms with van der Waals surface area (Å²) in [6.07, 6.45) is 0. The Morgan fingerprint density at radius 2 is 1.90 bits per heavy atom. The second-order valence-corrected chi connectivity index (χ2v) is 3.59. The van der Waals surface area contributed by atoms with Gasteiger partial charge < -0.3 is 5.73 Å². The number of hydrogen-bond donors (Lipinski definition) is 1. The third-order valence-electron chi connectivity index (χ3n) is 1.07. The van der Waals surface area contributed by atoms with Crippen LogP contribution in [-0.2, 0) is 0 Å². The average molecular weight is 153 g/mol. The first-order chi connectivity index (χ1) is 4.79. The van der Waals surface area contributed by atoms with Crippen molar-refractivity contribution >= 4 is 11.8 Å². The lowest BCUT2D eigenvalue weighted by molar-refractivity contribution is 1.04. The predicted molar refractivity (Wildman–Crippen MR) is 45.9 cm³/mol. The van der Waals surface area contributed by atoms with Crippen LogP contribution in [0.3, 0.4) is 0 Å². The summed E-state index contributed by atoms with van der Waals surface area (Å²) in [5.74, 6) is 0. The van der Waals surface area contributed by atoms with E-state index in [2.05, 4.69) is 12.1 Å². The molecule has 1 rings (SSSR count). The zero-order valence-corrected chi connectivity index (χ0v) is 6.77. The van der Waals surface area contributed by atoms with Crippen LogP contribution in [0.5, 0.6) is 0 Å². The average Bonchev–Trinajstić information content (AvgIpc) is 1.88. The summed E-state index contributed by atoms with van der Waals surface area (Å²) in [6, 6.07) is 10.2. The molecule has 0 saturated carbocycles. The van der Waals surface area contributed by atoms with E-state index >= 15 is 0 Å². The third kappa shape index (κ3) is 2.42. The normalized spacial score (nSPS) is 13.0. The van der Waals surface area contributed by atoms with Gasteiger partial charge >= 0.3 is 0 Å². The van der Waals surface area contributed by atoms with Crippen molar-refractivity contribution < 1.29 is 0 Å². The second-order valence-electron chi connectivity index (χ2n) is 2.14. The van der Waals surface area contributed by atoms with Crippen molar-refractivity contribution in [1.82, 2.24) is 0 Å². The third-order valence-corrected chi connectivity index (χ3v) is 1.98. The zero-order chi connectivity index (χ0) is 7.40. The van der Waals surface area contributed by atoms with Crippen LogP contribution in [0.25, 0.3) is 0 Å². The highest BCUT2D eigenvalue weighted by molar-refractivity contribution is 7.99. The largest absolute Gasteiger partial charge is 0.319 e. The van der Waals surface area contributed by atoms with Crippen LogP contribution in [0.15, 0.2) is 35.2 Å². The molecule has 1 nitrogen and oxygen atoms in total. The Morgan fingerprint density at radius 3 is 2.40 bits per heavy atom. The van der Waals surface area contributed by atoms with E-state index in [9.17, 15) is 0 Å². The molecule has 0 aromatic heterocycles. The van der Waals surface area contributed by atoms with Gasteiger partial charge in [-0.05, 0) is 19.1 Å². The number of nitrogens with two attached hydrogens (primary N) is 1. The summed E-state index contributed by atoms with van der Waals surface area (Å²) in [6.45, 7) is 1.98. The molecule has 10 heavy (non-hydrogen) atoms. The highest BCUT2D eigenvalue weighted by Crippen LogP contribution is 2.18. The van der Waals surface area contributed by atoms with Crippen molar-refractivity contribution in [3.05, 3.63) is 30.3 Å². The number of benzene rings is 1. The van der Waals surface area contributed by atoms with Crippen molar-refractivity contribution in [1.29, 1.82) is 0 Å². The number of thioether (sulfide) groups is 1. The fourth-order valence-electron chi connectivity index (χ4n) is 0.714. The standard InChI is InChI=1S/C8H11NS/c1-7(9)10-8-5-3-2-4-6-8/h2-7H,9H2,1H3/t7-/m0/s1. The Balaban J connectivity index is 2.59. The summed E-state index contributed by atoms with van der Waals surface area (Å²) >= 11 is 1.68. The molecule has 2 heteroatoms. The van der Waals surface area contributed by atoms with Crippen molar-refractivity contribution in [2.45, 2.75) is 17.2 Å². The Labute approximate surface area is 65.6 Å². The molecule has 0 aliphatic carbocycles. The first-order valence-electron chi connectivity index (χ1n) is 3.26. The summed E-state index contributed by atoms with van der Waals surface area (Å²) in [5, 5.41) is 0.183. The van der Waals surface area contributed by atoms with Crippen LogP contribution < -0.4 is 5.73 Å². The maximum atomic E-state index is 5.59. The van der Waals surface area contributed by atoms with Crippen molar-refractivity contribution in [3.63, 3.8) is 0 Å². The summed E-state index contributed by atoms with van der Waals surface area (Å²) in [5.41, 5.74) is 5.59. The first-order valence-corrected chi connectivity index (χ1v) is 4.14. The number of hydrogen-bond acceptors (Lipinski definition) is 2. The van der Waals surface area contributed by atoms with Crippen molar-refractivity contribution in [2.75, 3.05) is 0 Å². The molecule has 0 aliphatic rings. The molecule has 1 atom stereocenters. The Hall–Kier alpha value is -0.470. The molecule has 0 aliphatic heterocycles. The smallest absolute Gasteiger partial charge is 0.0525 e. The highest BCUT2D eigenvalue weighted by Gasteiger charge is 1.94. The fourth-order valence-corrected chi connectivity index (χ4v) is 1.46. The van der Waals surface area contributed by atoms with Gasteiger partial charge in [0.25, 0.3) is 0 Å².